The molecule has 39 heavy (non-hydrogen) atoms. The third-order valence-corrected chi connectivity index (χ3v) is 5.99. The number of amides is 1. The Hall–Kier alpha value is -4.87. The number of esters is 1. The molecule has 12 nitrogen and oxygen atoms in total. The molecule has 0 bridgehead atoms. The molecule has 2 atom stereocenters. The van der Waals surface area contributed by atoms with E-state index in [4.69, 9.17) is 37.9 Å². The van der Waals surface area contributed by atoms with Gasteiger partial charge >= 0.3 is 17.8 Å². The molecule has 2 aromatic rings. The zero-order valence-electron chi connectivity index (χ0n) is 21.7. The minimum atomic E-state index is -1.97. The number of hydrogen-bond acceptors (Lipinski definition) is 11. The van der Waals surface area contributed by atoms with Gasteiger partial charge in [0.2, 0.25) is 12.5 Å². The molecule has 0 spiro atoms. The summed E-state index contributed by atoms with van der Waals surface area (Å²) in [5.41, 5.74) is 1.26. The van der Waals surface area contributed by atoms with Crippen molar-refractivity contribution < 1.29 is 52.3 Å². The number of aldehydes is 1. The summed E-state index contributed by atoms with van der Waals surface area (Å²) in [5, 5.41) is 2.40. The molecule has 2 unspecified atom stereocenters. The van der Waals surface area contributed by atoms with Gasteiger partial charge in [0.25, 0.3) is 0 Å². The van der Waals surface area contributed by atoms with E-state index in [1.807, 2.05) is 0 Å². The topological polar surface area (TPSA) is 137 Å². The predicted octanol–water partition coefficient (Wildman–Crippen LogP) is 2.74. The minimum absolute atomic E-state index is 0.0843. The lowest BCUT2D eigenvalue weighted by atomic mass is 9.92. The van der Waals surface area contributed by atoms with E-state index in [0.717, 1.165) is 0 Å². The average molecular weight is 542 g/mol. The van der Waals surface area contributed by atoms with Gasteiger partial charge in [0, 0.05) is 23.6 Å². The second kappa shape index (κ2) is 11.7. The van der Waals surface area contributed by atoms with Gasteiger partial charge in [0.1, 0.15) is 24.3 Å². The van der Waals surface area contributed by atoms with Gasteiger partial charge in [-0.1, -0.05) is 0 Å². The molecular formula is C27H27NO11. The fourth-order valence-electron chi connectivity index (χ4n) is 4.17. The maximum atomic E-state index is 13.1. The highest BCUT2D eigenvalue weighted by atomic mass is 16.7. The Morgan fingerprint density at radius 2 is 1.74 bits per heavy atom. The van der Waals surface area contributed by atoms with Crippen molar-refractivity contribution in [3.8, 4) is 23.0 Å². The van der Waals surface area contributed by atoms with Crippen LogP contribution >= 0.6 is 0 Å². The Bertz CT molecular complexity index is 1280. The van der Waals surface area contributed by atoms with Crippen molar-refractivity contribution >= 4 is 18.3 Å². The molecule has 2 aromatic carbocycles. The van der Waals surface area contributed by atoms with Crippen molar-refractivity contribution in [2.24, 2.45) is 0 Å². The van der Waals surface area contributed by atoms with E-state index < -0.39 is 23.9 Å². The van der Waals surface area contributed by atoms with Gasteiger partial charge in [-0.25, -0.2) is 9.59 Å². The van der Waals surface area contributed by atoms with Gasteiger partial charge in [-0.2, -0.15) is 0 Å². The summed E-state index contributed by atoms with van der Waals surface area (Å²) in [6.07, 6.45) is 1.94. The Morgan fingerprint density at radius 3 is 2.28 bits per heavy atom. The minimum Gasteiger partial charge on any atom is -0.497 e. The smallest absolute Gasteiger partial charge is 0.411 e. The van der Waals surface area contributed by atoms with Crippen molar-refractivity contribution in [1.82, 2.24) is 5.32 Å². The monoisotopic (exact) mass is 541 g/mol. The number of rotatable bonds is 11. The largest absolute Gasteiger partial charge is 0.497 e. The van der Waals surface area contributed by atoms with Crippen LogP contribution in [0.4, 0.5) is 4.79 Å². The molecule has 4 rings (SSSR count). The molecule has 0 radical (unpaired) electrons. The lowest BCUT2D eigenvalue weighted by molar-refractivity contribution is -0.185. The van der Waals surface area contributed by atoms with Crippen molar-refractivity contribution in [2.45, 2.75) is 18.2 Å². The highest BCUT2D eigenvalue weighted by Crippen LogP contribution is 2.44. The zero-order chi connectivity index (χ0) is 28.0. The van der Waals surface area contributed by atoms with Gasteiger partial charge < -0.3 is 48.0 Å². The van der Waals surface area contributed by atoms with Crippen LogP contribution in [-0.2, 0) is 40.7 Å². The number of carbonyl (C=O) groups is 3. The molecule has 0 saturated carbocycles. The third kappa shape index (κ3) is 5.54. The Balaban J connectivity index is 1.72. The number of carbonyl (C=O) groups excluding carboxylic acids is 3. The lowest BCUT2D eigenvalue weighted by Gasteiger charge is -2.31. The summed E-state index contributed by atoms with van der Waals surface area (Å²) in [7, 11) is 5.95. The molecular weight excluding hydrogens is 514 g/mol. The average Bonchev–Trinajstić information content (AvgIpc) is 3.59. The SMILES string of the molecule is COc1ccc(C2(OC(=O)NC(C=O)C3=COCO3)OC(=O)C=C2Cc2cc(OC)c(OC)c(OC)c2)cc1. The summed E-state index contributed by atoms with van der Waals surface area (Å²) in [6, 6.07) is 8.68. The van der Waals surface area contributed by atoms with E-state index >= 15 is 0 Å². The van der Waals surface area contributed by atoms with Crippen LogP contribution < -0.4 is 24.3 Å². The first-order chi connectivity index (χ1) is 18.9. The van der Waals surface area contributed by atoms with Crippen molar-refractivity contribution in [1.29, 1.82) is 0 Å². The number of methoxy groups -OCH3 is 4. The van der Waals surface area contributed by atoms with Crippen LogP contribution in [0.15, 0.2) is 60.1 Å². The maximum Gasteiger partial charge on any atom is 0.411 e. The summed E-state index contributed by atoms with van der Waals surface area (Å²) in [6.45, 7) is -0.0918. The highest BCUT2D eigenvalue weighted by Gasteiger charge is 2.49. The number of hydrogen-bond donors (Lipinski definition) is 1. The third-order valence-electron chi connectivity index (χ3n) is 5.99. The lowest BCUT2D eigenvalue weighted by Crippen LogP contribution is -2.44. The van der Waals surface area contributed by atoms with E-state index in [-0.39, 0.29) is 19.0 Å². The summed E-state index contributed by atoms with van der Waals surface area (Å²) in [5.74, 6) is -0.896. The molecule has 12 heteroatoms. The molecule has 2 aliphatic heterocycles. The number of benzene rings is 2. The molecule has 0 aliphatic carbocycles. The normalized spacial score (nSPS) is 18.4. The standard InChI is InChI=1S/C27H27NO11/c1-32-19-7-5-17(6-8-19)27(39-26(31)28-20(13-29)23-14-36-15-37-23)18(12-24(30)38-27)9-16-10-21(33-2)25(35-4)22(11-16)34-3/h5-8,10-14,20H,9,15H2,1-4H3,(H,28,31). The number of cyclic esters (lactones) is 1. The van der Waals surface area contributed by atoms with Crippen LogP contribution in [0.1, 0.15) is 11.1 Å². The number of nitrogens with one attached hydrogen (secondary N) is 1. The van der Waals surface area contributed by atoms with Crippen LogP contribution in [0, 0.1) is 0 Å². The maximum absolute atomic E-state index is 13.1. The zero-order valence-corrected chi connectivity index (χ0v) is 21.7. The van der Waals surface area contributed by atoms with Gasteiger partial charge in [0.05, 0.1) is 28.4 Å². The highest BCUT2D eigenvalue weighted by molar-refractivity contribution is 5.88. The van der Waals surface area contributed by atoms with Crippen LogP contribution in [-0.4, -0.2) is 59.6 Å². The Labute approximate surface area is 224 Å². The van der Waals surface area contributed by atoms with Crippen molar-refractivity contribution in [3.63, 3.8) is 0 Å². The van der Waals surface area contributed by atoms with Crippen LogP contribution in [0.2, 0.25) is 0 Å². The van der Waals surface area contributed by atoms with E-state index in [2.05, 4.69) is 5.32 Å². The summed E-state index contributed by atoms with van der Waals surface area (Å²) in [4.78, 5) is 37.4. The van der Waals surface area contributed by atoms with Crippen molar-refractivity contribution in [2.75, 3.05) is 35.2 Å². The van der Waals surface area contributed by atoms with Gasteiger partial charge in [-0.15, -0.1) is 0 Å². The predicted molar refractivity (Wildman–Crippen MR) is 133 cm³/mol. The molecule has 1 amide bonds. The van der Waals surface area contributed by atoms with E-state index in [1.54, 1.807) is 36.4 Å². The van der Waals surface area contributed by atoms with Crippen LogP contribution in [0.5, 0.6) is 23.0 Å². The molecule has 0 fully saturated rings. The number of alkyl carbamates (subject to hydrolysis) is 1. The first-order valence-corrected chi connectivity index (χ1v) is 11.6. The quantitative estimate of drug-likeness (QED) is 0.332. The molecule has 2 heterocycles. The van der Waals surface area contributed by atoms with Crippen LogP contribution in [0.25, 0.3) is 0 Å². The summed E-state index contributed by atoms with van der Waals surface area (Å²) >= 11 is 0. The Kier molecular flexibility index (Phi) is 8.13. The van der Waals surface area contributed by atoms with Crippen LogP contribution in [0.3, 0.4) is 0 Å². The molecule has 0 aromatic heterocycles. The summed E-state index contributed by atoms with van der Waals surface area (Å²) < 4.78 is 43.1. The number of ether oxygens (including phenoxy) is 8. The van der Waals surface area contributed by atoms with Gasteiger partial charge in [-0.05, 0) is 42.0 Å². The first-order valence-electron chi connectivity index (χ1n) is 11.6. The van der Waals surface area contributed by atoms with E-state index in [1.165, 1.54) is 40.8 Å². The molecule has 0 saturated heterocycles. The van der Waals surface area contributed by atoms with Gasteiger partial charge in [0.15, 0.2) is 17.3 Å². The molecule has 206 valence electrons. The second-order valence-corrected chi connectivity index (χ2v) is 8.24. The fraction of sp³-hybridized carbons (Fsp3) is 0.296. The molecule has 1 N–H and O–H groups in total. The van der Waals surface area contributed by atoms with Crippen molar-refractivity contribution in [3.05, 3.63) is 71.2 Å². The Morgan fingerprint density at radius 1 is 1.05 bits per heavy atom. The van der Waals surface area contributed by atoms with E-state index in [9.17, 15) is 14.4 Å². The first kappa shape index (κ1) is 27.2. The second-order valence-electron chi connectivity index (χ2n) is 8.24. The van der Waals surface area contributed by atoms with Gasteiger partial charge in [-0.3, -0.25) is 0 Å². The molecule has 2 aliphatic rings. The fourth-order valence-corrected chi connectivity index (χ4v) is 4.17. The van der Waals surface area contributed by atoms with E-state index in [0.29, 0.717) is 46.0 Å².